The SMILES string of the molecule is O=C(O)CC1CN(C(=O)c2ccc(CSC(F)F)o2)C1. The monoisotopic (exact) mass is 305 g/mol. The number of carboxylic acid groups (broad SMARTS) is 1. The number of rotatable bonds is 6. The molecule has 1 aromatic heterocycles. The van der Waals surface area contributed by atoms with Crippen LogP contribution in [0.15, 0.2) is 16.5 Å². The van der Waals surface area contributed by atoms with E-state index < -0.39 is 11.7 Å². The zero-order valence-corrected chi connectivity index (χ0v) is 11.2. The lowest BCUT2D eigenvalue weighted by Gasteiger charge is -2.37. The molecule has 0 radical (unpaired) electrons. The number of nitrogens with zero attached hydrogens (tertiary/aromatic N) is 1. The van der Waals surface area contributed by atoms with Crippen LogP contribution in [0.1, 0.15) is 22.7 Å². The quantitative estimate of drug-likeness (QED) is 0.873. The number of aliphatic carboxylic acids is 1. The number of halogens is 2. The molecule has 1 N–H and O–H groups in total. The first kappa shape index (κ1) is 14.8. The van der Waals surface area contributed by atoms with Gasteiger partial charge < -0.3 is 14.4 Å². The Morgan fingerprint density at radius 1 is 1.45 bits per heavy atom. The minimum absolute atomic E-state index is 0.00653. The zero-order valence-electron chi connectivity index (χ0n) is 10.4. The molecule has 2 heterocycles. The molecule has 8 heteroatoms. The lowest BCUT2D eigenvalue weighted by atomic mass is 9.96. The molecule has 1 aliphatic heterocycles. The topological polar surface area (TPSA) is 70.8 Å². The van der Waals surface area contributed by atoms with Gasteiger partial charge in [-0.25, -0.2) is 0 Å². The molecule has 0 unspecified atom stereocenters. The maximum atomic E-state index is 12.0. The van der Waals surface area contributed by atoms with Gasteiger partial charge in [-0.1, -0.05) is 11.8 Å². The van der Waals surface area contributed by atoms with Crippen LogP contribution in [-0.4, -0.2) is 40.7 Å². The molecular formula is C12H13F2NO4S. The highest BCUT2D eigenvalue weighted by Gasteiger charge is 2.33. The Morgan fingerprint density at radius 2 is 2.15 bits per heavy atom. The number of furan rings is 1. The fraction of sp³-hybridized carbons (Fsp3) is 0.500. The van der Waals surface area contributed by atoms with Crippen molar-refractivity contribution in [3.63, 3.8) is 0 Å². The largest absolute Gasteiger partial charge is 0.481 e. The Kier molecular flexibility index (Phi) is 4.64. The second-order valence-electron chi connectivity index (χ2n) is 4.51. The highest BCUT2D eigenvalue weighted by Crippen LogP contribution is 2.24. The summed E-state index contributed by atoms with van der Waals surface area (Å²) in [6.45, 7) is 0.764. The third-order valence-corrected chi connectivity index (χ3v) is 3.63. The van der Waals surface area contributed by atoms with Crippen LogP contribution in [0.3, 0.4) is 0 Å². The molecule has 110 valence electrons. The van der Waals surface area contributed by atoms with Crippen LogP contribution in [0, 0.1) is 5.92 Å². The fourth-order valence-electron chi connectivity index (χ4n) is 1.98. The lowest BCUT2D eigenvalue weighted by molar-refractivity contribution is -0.139. The molecule has 0 atom stereocenters. The molecule has 0 saturated carbocycles. The van der Waals surface area contributed by atoms with Crippen LogP contribution in [0.4, 0.5) is 8.78 Å². The van der Waals surface area contributed by atoms with E-state index in [0.29, 0.717) is 30.6 Å². The van der Waals surface area contributed by atoms with Crippen LogP contribution in [0.2, 0.25) is 0 Å². The van der Waals surface area contributed by atoms with E-state index in [1.165, 1.54) is 17.0 Å². The van der Waals surface area contributed by atoms with Gasteiger partial charge in [-0.05, 0) is 12.1 Å². The summed E-state index contributed by atoms with van der Waals surface area (Å²) >= 11 is 0.428. The van der Waals surface area contributed by atoms with Gasteiger partial charge in [0.15, 0.2) is 5.76 Å². The van der Waals surface area contributed by atoms with Gasteiger partial charge in [0.05, 0.1) is 12.2 Å². The number of hydrogen-bond acceptors (Lipinski definition) is 4. The number of thioether (sulfide) groups is 1. The summed E-state index contributed by atoms with van der Waals surface area (Å²) in [7, 11) is 0. The molecule has 1 fully saturated rings. The van der Waals surface area contributed by atoms with Crippen molar-refractivity contribution in [3.8, 4) is 0 Å². The van der Waals surface area contributed by atoms with Gasteiger partial charge in [0.25, 0.3) is 11.7 Å². The van der Waals surface area contributed by atoms with E-state index in [1.807, 2.05) is 0 Å². The summed E-state index contributed by atoms with van der Waals surface area (Å²) in [6.07, 6.45) is 0.0399. The smallest absolute Gasteiger partial charge is 0.303 e. The number of amides is 1. The third kappa shape index (κ3) is 3.72. The van der Waals surface area contributed by atoms with E-state index in [9.17, 15) is 18.4 Å². The van der Waals surface area contributed by atoms with Gasteiger partial charge in [-0.2, -0.15) is 8.78 Å². The summed E-state index contributed by atoms with van der Waals surface area (Å²) in [4.78, 5) is 23.9. The highest BCUT2D eigenvalue weighted by atomic mass is 32.2. The Bertz CT molecular complexity index is 499. The number of carbonyl (C=O) groups excluding carboxylic acids is 1. The molecule has 2 rings (SSSR count). The first-order valence-corrected chi connectivity index (χ1v) is 7.00. The predicted octanol–water partition coefficient (Wildman–Crippen LogP) is 2.28. The number of carboxylic acids is 1. The number of alkyl halides is 2. The maximum absolute atomic E-state index is 12.0. The molecule has 1 aliphatic rings. The van der Waals surface area contributed by atoms with Crippen molar-refractivity contribution >= 4 is 23.6 Å². The average Bonchev–Trinajstić information content (AvgIpc) is 2.78. The molecule has 0 spiro atoms. The van der Waals surface area contributed by atoms with Gasteiger partial charge in [-0.15, -0.1) is 0 Å². The van der Waals surface area contributed by atoms with Crippen LogP contribution in [0.5, 0.6) is 0 Å². The minimum Gasteiger partial charge on any atom is -0.481 e. The van der Waals surface area contributed by atoms with E-state index in [2.05, 4.69) is 0 Å². The van der Waals surface area contributed by atoms with Crippen molar-refractivity contribution < 1.29 is 27.9 Å². The van der Waals surface area contributed by atoms with Crippen molar-refractivity contribution in [1.82, 2.24) is 4.90 Å². The molecule has 20 heavy (non-hydrogen) atoms. The van der Waals surface area contributed by atoms with E-state index >= 15 is 0 Å². The Hall–Kier alpha value is -1.57. The number of hydrogen-bond donors (Lipinski definition) is 1. The van der Waals surface area contributed by atoms with Crippen molar-refractivity contribution in [2.45, 2.75) is 17.9 Å². The second-order valence-corrected chi connectivity index (χ2v) is 5.49. The number of carbonyl (C=O) groups is 2. The van der Waals surface area contributed by atoms with Gasteiger partial charge in [-0.3, -0.25) is 9.59 Å². The lowest BCUT2D eigenvalue weighted by Crippen LogP contribution is -2.50. The maximum Gasteiger partial charge on any atom is 0.303 e. The zero-order chi connectivity index (χ0) is 14.7. The first-order valence-electron chi connectivity index (χ1n) is 5.95. The summed E-state index contributed by atoms with van der Waals surface area (Å²) in [5.41, 5.74) is 0. The van der Waals surface area contributed by atoms with Gasteiger partial charge in [0.1, 0.15) is 5.76 Å². The van der Waals surface area contributed by atoms with E-state index in [1.54, 1.807) is 0 Å². The van der Waals surface area contributed by atoms with Crippen molar-refractivity contribution in [1.29, 1.82) is 0 Å². The summed E-state index contributed by atoms with van der Waals surface area (Å²) in [5.74, 6) is -3.30. The highest BCUT2D eigenvalue weighted by molar-refractivity contribution is 7.98. The van der Waals surface area contributed by atoms with Gasteiger partial charge in [0.2, 0.25) is 0 Å². The predicted molar refractivity (Wildman–Crippen MR) is 67.7 cm³/mol. The summed E-state index contributed by atoms with van der Waals surface area (Å²) in [5, 5.41) is 8.61. The Balaban J connectivity index is 1.83. The standard InChI is InChI=1S/C12H13F2NO4S/c13-12(14)20-6-8-1-2-9(19-8)11(18)15-4-7(5-15)3-10(16)17/h1-2,7,12H,3-6H2,(H,16,17). The molecule has 5 nitrogen and oxygen atoms in total. The summed E-state index contributed by atoms with van der Waals surface area (Å²) < 4.78 is 29.3. The Morgan fingerprint density at radius 3 is 2.75 bits per heavy atom. The molecule has 0 aromatic carbocycles. The fourth-order valence-corrected chi connectivity index (χ4v) is 2.43. The van der Waals surface area contributed by atoms with Crippen molar-refractivity contribution in [2.75, 3.05) is 13.1 Å². The minimum atomic E-state index is -2.48. The van der Waals surface area contributed by atoms with Crippen LogP contribution in [-0.2, 0) is 10.5 Å². The van der Waals surface area contributed by atoms with Crippen LogP contribution < -0.4 is 0 Å². The third-order valence-electron chi connectivity index (χ3n) is 2.93. The van der Waals surface area contributed by atoms with Gasteiger partial charge >= 0.3 is 5.97 Å². The second kappa shape index (κ2) is 6.25. The average molecular weight is 305 g/mol. The Labute approximate surface area is 117 Å². The van der Waals surface area contributed by atoms with Gasteiger partial charge in [0, 0.05) is 19.0 Å². The van der Waals surface area contributed by atoms with Crippen molar-refractivity contribution in [2.24, 2.45) is 5.92 Å². The molecule has 0 aliphatic carbocycles. The van der Waals surface area contributed by atoms with Crippen LogP contribution in [0.25, 0.3) is 0 Å². The summed E-state index contributed by atoms with van der Waals surface area (Å²) in [6, 6.07) is 2.95. The van der Waals surface area contributed by atoms with E-state index in [0.717, 1.165) is 0 Å². The van der Waals surface area contributed by atoms with E-state index in [4.69, 9.17) is 9.52 Å². The normalized spacial score (nSPS) is 15.4. The van der Waals surface area contributed by atoms with Crippen LogP contribution >= 0.6 is 11.8 Å². The molecule has 1 amide bonds. The van der Waals surface area contributed by atoms with Crippen molar-refractivity contribution in [3.05, 3.63) is 23.7 Å². The molecular weight excluding hydrogens is 292 g/mol. The number of likely N-dealkylation sites (tertiary alicyclic amines) is 1. The van der Waals surface area contributed by atoms with E-state index in [-0.39, 0.29) is 29.8 Å². The molecule has 1 aromatic rings. The molecule has 1 saturated heterocycles. The first-order chi connectivity index (χ1) is 9.45. The molecule has 0 bridgehead atoms.